The SMILES string of the molecule is O=C(O)C1CCCN1S(=O)(=O)c1ccc(S(=O)(=O)NC2CC2)cc1. The maximum absolute atomic E-state index is 12.6. The first-order valence-corrected chi connectivity index (χ1v) is 10.5. The van der Waals surface area contributed by atoms with Crippen molar-refractivity contribution < 1.29 is 26.7 Å². The van der Waals surface area contributed by atoms with E-state index < -0.39 is 32.1 Å². The Morgan fingerprint density at radius 3 is 2.17 bits per heavy atom. The summed E-state index contributed by atoms with van der Waals surface area (Å²) in [6, 6.07) is 3.74. The number of carboxylic acid groups (broad SMARTS) is 1. The van der Waals surface area contributed by atoms with Crippen LogP contribution in [0.5, 0.6) is 0 Å². The van der Waals surface area contributed by atoms with Crippen LogP contribution in [-0.2, 0) is 24.8 Å². The van der Waals surface area contributed by atoms with Crippen molar-refractivity contribution in [3.05, 3.63) is 24.3 Å². The van der Waals surface area contributed by atoms with Crippen molar-refractivity contribution in [1.82, 2.24) is 9.03 Å². The van der Waals surface area contributed by atoms with Gasteiger partial charge in [-0.1, -0.05) is 0 Å². The molecule has 0 bridgehead atoms. The molecule has 2 aliphatic rings. The number of hydrogen-bond donors (Lipinski definition) is 2. The van der Waals surface area contributed by atoms with E-state index in [-0.39, 0.29) is 28.8 Å². The number of hydrogen-bond acceptors (Lipinski definition) is 5. The minimum Gasteiger partial charge on any atom is -0.480 e. The second-order valence-corrected chi connectivity index (χ2v) is 9.58. The highest BCUT2D eigenvalue weighted by Crippen LogP contribution is 2.27. The molecule has 1 aromatic rings. The van der Waals surface area contributed by atoms with Gasteiger partial charge in [0.25, 0.3) is 0 Å². The lowest BCUT2D eigenvalue weighted by molar-refractivity contribution is -0.140. The minimum absolute atomic E-state index is 0.00967. The maximum Gasteiger partial charge on any atom is 0.322 e. The van der Waals surface area contributed by atoms with E-state index >= 15 is 0 Å². The summed E-state index contributed by atoms with van der Waals surface area (Å²) in [6.07, 6.45) is 2.36. The Hall–Kier alpha value is -1.49. The fraction of sp³-hybridized carbons (Fsp3) is 0.500. The first-order chi connectivity index (χ1) is 11.2. The molecular weight excluding hydrogens is 356 g/mol. The average Bonchev–Trinajstić information content (AvgIpc) is 3.17. The van der Waals surface area contributed by atoms with Crippen LogP contribution in [0.1, 0.15) is 25.7 Å². The van der Waals surface area contributed by atoms with Gasteiger partial charge >= 0.3 is 5.97 Å². The molecule has 1 aromatic carbocycles. The molecule has 3 rings (SSSR count). The van der Waals surface area contributed by atoms with Crippen molar-refractivity contribution >= 4 is 26.0 Å². The van der Waals surface area contributed by atoms with Crippen molar-refractivity contribution in [2.24, 2.45) is 0 Å². The molecule has 1 atom stereocenters. The molecule has 8 nitrogen and oxygen atoms in total. The van der Waals surface area contributed by atoms with E-state index in [0.29, 0.717) is 6.42 Å². The Kier molecular flexibility index (Phi) is 4.41. The summed E-state index contributed by atoms with van der Waals surface area (Å²) in [5.41, 5.74) is 0. The lowest BCUT2D eigenvalue weighted by Crippen LogP contribution is -2.40. The molecule has 132 valence electrons. The summed E-state index contributed by atoms with van der Waals surface area (Å²) in [5.74, 6) is -1.18. The van der Waals surface area contributed by atoms with Gasteiger partial charge in [0.2, 0.25) is 20.0 Å². The second-order valence-electron chi connectivity index (χ2n) is 5.98. The molecule has 10 heteroatoms. The predicted molar refractivity (Wildman–Crippen MR) is 84.3 cm³/mol. The number of carboxylic acids is 1. The van der Waals surface area contributed by atoms with Gasteiger partial charge in [-0.15, -0.1) is 0 Å². The topological polar surface area (TPSA) is 121 Å². The summed E-state index contributed by atoms with van der Waals surface area (Å²) in [6.45, 7) is 0.141. The summed E-state index contributed by atoms with van der Waals surface area (Å²) in [4.78, 5) is 11.1. The quantitative estimate of drug-likeness (QED) is 0.742. The highest BCUT2D eigenvalue weighted by atomic mass is 32.2. The minimum atomic E-state index is -3.97. The molecule has 1 unspecified atom stereocenters. The van der Waals surface area contributed by atoms with E-state index in [0.717, 1.165) is 17.1 Å². The van der Waals surface area contributed by atoms with Gasteiger partial charge in [-0.2, -0.15) is 4.31 Å². The van der Waals surface area contributed by atoms with Crippen LogP contribution in [0.15, 0.2) is 34.1 Å². The molecule has 0 spiro atoms. The van der Waals surface area contributed by atoms with Crippen LogP contribution in [-0.4, -0.2) is 50.8 Å². The fourth-order valence-corrected chi connectivity index (χ4v) is 5.65. The number of rotatable bonds is 6. The van der Waals surface area contributed by atoms with E-state index in [9.17, 15) is 21.6 Å². The molecule has 1 aliphatic carbocycles. The van der Waals surface area contributed by atoms with Gasteiger partial charge in [0.05, 0.1) is 9.79 Å². The Balaban J connectivity index is 1.85. The van der Waals surface area contributed by atoms with Gasteiger partial charge < -0.3 is 5.11 Å². The molecule has 1 aliphatic heterocycles. The third-order valence-electron chi connectivity index (χ3n) is 4.13. The fourth-order valence-electron chi connectivity index (χ4n) is 2.69. The van der Waals surface area contributed by atoms with Crippen LogP contribution in [0.3, 0.4) is 0 Å². The predicted octanol–water partition coefficient (Wildman–Crippen LogP) is 0.365. The number of sulfonamides is 2. The zero-order valence-electron chi connectivity index (χ0n) is 12.8. The van der Waals surface area contributed by atoms with Crippen molar-refractivity contribution in [2.75, 3.05) is 6.54 Å². The Bertz CT molecular complexity index is 844. The maximum atomic E-state index is 12.6. The van der Waals surface area contributed by atoms with Crippen molar-refractivity contribution in [3.63, 3.8) is 0 Å². The number of benzene rings is 1. The number of nitrogens with one attached hydrogen (secondary N) is 1. The van der Waals surface area contributed by atoms with Gasteiger partial charge in [0.15, 0.2) is 0 Å². The normalized spacial score (nSPS) is 22.6. The van der Waals surface area contributed by atoms with Crippen LogP contribution in [0.25, 0.3) is 0 Å². The Morgan fingerprint density at radius 1 is 1.04 bits per heavy atom. The van der Waals surface area contributed by atoms with E-state index in [4.69, 9.17) is 5.11 Å². The van der Waals surface area contributed by atoms with Gasteiger partial charge in [-0.05, 0) is 49.9 Å². The monoisotopic (exact) mass is 374 g/mol. The second kappa shape index (κ2) is 6.10. The molecule has 1 saturated heterocycles. The van der Waals surface area contributed by atoms with Crippen LogP contribution in [0, 0.1) is 0 Å². The van der Waals surface area contributed by atoms with E-state index in [1.807, 2.05) is 0 Å². The highest BCUT2D eigenvalue weighted by molar-refractivity contribution is 7.89. The summed E-state index contributed by atoms with van der Waals surface area (Å²) in [5, 5.41) is 9.14. The Morgan fingerprint density at radius 2 is 1.62 bits per heavy atom. The molecule has 1 saturated carbocycles. The number of carbonyl (C=O) groups is 1. The molecule has 24 heavy (non-hydrogen) atoms. The molecule has 2 N–H and O–H groups in total. The average molecular weight is 374 g/mol. The zero-order valence-corrected chi connectivity index (χ0v) is 14.4. The third kappa shape index (κ3) is 3.32. The summed E-state index contributed by atoms with van der Waals surface area (Å²) < 4.78 is 52.9. The van der Waals surface area contributed by atoms with Gasteiger partial charge in [-0.3, -0.25) is 4.79 Å². The van der Waals surface area contributed by atoms with Crippen LogP contribution < -0.4 is 4.72 Å². The molecule has 2 fully saturated rings. The van der Waals surface area contributed by atoms with Crippen molar-refractivity contribution in [3.8, 4) is 0 Å². The van der Waals surface area contributed by atoms with E-state index in [1.165, 1.54) is 24.3 Å². The first-order valence-electron chi connectivity index (χ1n) is 7.59. The molecule has 0 radical (unpaired) electrons. The lowest BCUT2D eigenvalue weighted by atomic mass is 10.2. The number of aliphatic carboxylic acids is 1. The Labute approximate surface area is 140 Å². The standard InChI is InChI=1S/C14H18N2O6S2/c17-14(18)13-2-1-9-16(13)24(21,22)12-7-5-11(6-8-12)23(19,20)15-10-3-4-10/h5-8,10,13,15H,1-4,9H2,(H,17,18). The van der Waals surface area contributed by atoms with Gasteiger partial charge in [0.1, 0.15) is 6.04 Å². The highest BCUT2D eigenvalue weighted by Gasteiger charge is 2.39. The van der Waals surface area contributed by atoms with Gasteiger partial charge in [-0.25, -0.2) is 21.6 Å². The van der Waals surface area contributed by atoms with Gasteiger partial charge in [0, 0.05) is 12.6 Å². The molecule has 0 amide bonds. The molecular formula is C14H18N2O6S2. The van der Waals surface area contributed by atoms with Crippen LogP contribution in [0.2, 0.25) is 0 Å². The van der Waals surface area contributed by atoms with Crippen LogP contribution in [0.4, 0.5) is 0 Å². The summed E-state index contributed by atoms with van der Waals surface area (Å²) >= 11 is 0. The van der Waals surface area contributed by atoms with Crippen LogP contribution >= 0.6 is 0 Å². The zero-order chi connectivity index (χ0) is 17.5. The van der Waals surface area contributed by atoms with E-state index in [1.54, 1.807) is 0 Å². The smallest absolute Gasteiger partial charge is 0.322 e. The number of nitrogens with zero attached hydrogens (tertiary/aromatic N) is 1. The largest absolute Gasteiger partial charge is 0.480 e. The van der Waals surface area contributed by atoms with E-state index in [2.05, 4.69) is 4.72 Å². The first kappa shape index (κ1) is 17.3. The van der Waals surface area contributed by atoms with Crippen molar-refractivity contribution in [1.29, 1.82) is 0 Å². The summed E-state index contributed by atoms with van der Waals surface area (Å²) in [7, 11) is -7.62. The molecule has 0 aromatic heterocycles. The lowest BCUT2D eigenvalue weighted by Gasteiger charge is -2.21. The third-order valence-corrected chi connectivity index (χ3v) is 7.59. The van der Waals surface area contributed by atoms with Crippen molar-refractivity contribution in [2.45, 2.75) is 47.6 Å². The molecule has 1 heterocycles.